The molecule has 1 N–H and O–H groups in total. The van der Waals surface area contributed by atoms with Gasteiger partial charge < -0.3 is 14.6 Å². The van der Waals surface area contributed by atoms with Crippen molar-refractivity contribution in [2.45, 2.75) is 6.54 Å². The fraction of sp³-hybridized carbons (Fsp3) is 0.0909. The molecule has 0 atom stereocenters. The number of ether oxygens (including phenoxy) is 1. The van der Waals surface area contributed by atoms with Crippen molar-refractivity contribution in [3.8, 4) is 17.3 Å². The predicted molar refractivity (Wildman–Crippen MR) is 107 cm³/mol. The number of carbonyl (C=O) groups excluding carboxylic acids is 1. The number of carbonyl (C=O) groups is 1. The second kappa shape index (κ2) is 8.02. The van der Waals surface area contributed by atoms with Gasteiger partial charge in [0.1, 0.15) is 22.8 Å². The summed E-state index contributed by atoms with van der Waals surface area (Å²) < 4.78 is 22.9. The zero-order valence-electron chi connectivity index (χ0n) is 15.7. The number of halogens is 1. The molecule has 0 saturated heterocycles. The molecule has 0 fully saturated rings. The number of amides is 1. The molecule has 1 amide bonds. The largest absolute Gasteiger partial charge is 0.496 e. The van der Waals surface area contributed by atoms with Crippen LogP contribution < -0.4 is 10.1 Å². The van der Waals surface area contributed by atoms with Gasteiger partial charge in [-0.1, -0.05) is 30.3 Å². The Morgan fingerprint density at radius 1 is 1.07 bits per heavy atom. The normalized spacial score (nSPS) is 10.7. The van der Waals surface area contributed by atoms with E-state index < -0.39 is 5.82 Å². The highest BCUT2D eigenvalue weighted by atomic mass is 19.1. The summed E-state index contributed by atoms with van der Waals surface area (Å²) >= 11 is 0. The van der Waals surface area contributed by atoms with Crippen LogP contribution in [0.3, 0.4) is 0 Å². The van der Waals surface area contributed by atoms with Gasteiger partial charge in [-0.15, -0.1) is 0 Å². The van der Waals surface area contributed by atoms with Crippen molar-refractivity contribution >= 4 is 5.91 Å². The van der Waals surface area contributed by atoms with E-state index in [0.717, 1.165) is 5.56 Å². The summed E-state index contributed by atoms with van der Waals surface area (Å²) in [4.78, 5) is 13.0. The third kappa shape index (κ3) is 3.62. The van der Waals surface area contributed by atoms with E-state index in [0.29, 0.717) is 23.7 Å². The monoisotopic (exact) mass is 390 g/mol. The minimum absolute atomic E-state index is 0.264. The summed E-state index contributed by atoms with van der Waals surface area (Å²) in [5.74, 6) is 0.408. The Kier molecular flexibility index (Phi) is 5.11. The molecule has 29 heavy (non-hydrogen) atoms. The Balaban J connectivity index is 1.69. The van der Waals surface area contributed by atoms with Crippen molar-refractivity contribution in [1.82, 2.24) is 19.7 Å². The van der Waals surface area contributed by atoms with Crippen LogP contribution in [0.5, 0.6) is 5.75 Å². The maximum atomic E-state index is 14.4. The van der Waals surface area contributed by atoms with E-state index in [2.05, 4.69) is 10.4 Å². The van der Waals surface area contributed by atoms with Crippen LogP contribution in [-0.2, 0) is 6.54 Å². The summed E-state index contributed by atoms with van der Waals surface area (Å²) in [7, 11) is 1.59. The molecule has 7 heteroatoms. The molecular formula is C22H19FN4O2. The Morgan fingerprint density at radius 3 is 2.55 bits per heavy atom. The van der Waals surface area contributed by atoms with Gasteiger partial charge >= 0.3 is 0 Å². The molecule has 0 aliphatic carbocycles. The highest BCUT2D eigenvalue weighted by molar-refractivity contribution is 5.97. The first-order valence-electron chi connectivity index (χ1n) is 9.05. The molecule has 0 aliphatic rings. The van der Waals surface area contributed by atoms with Gasteiger partial charge in [0.25, 0.3) is 5.91 Å². The first-order chi connectivity index (χ1) is 14.2. The first kappa shape index (κ1) is 18.5. The van der Waals surface area contributed by atoms with Crippen molar-refractivity contribution in [2.24, 2.45) is 0 Å². The minimum Gasteiger partial charge on any atom is -0.496 e. The molecule has 2 aromatic heterocycles. The van der Waals surface area contributed by atoms with Crippen LogP contribution in [-0.4, -0.2) is 27.4 Å². The van der Waals surface area contributed by atoms with Gasteiger partial charge in [-0.25, -0.2) is 9.07 Å². The van der Waals surface area contributed by atoms with Crippen molar-refractivity contribution < 1.29 is 13.9 Å². The number of methoxy groups -OCH3 is 1. The zero-order valence-corrected chi connectivity index (χ0v) is 15.7. The predicted octanol–water partition coefficient (Wildman–Crippen LogP) is 3.74. The van der Waals surface area contributed by atoms with Crippen molar-refractivity contribution in [2.75, 3.05) is 7.11 Å². The molecule has 0 spiro atoms. The third-order valence-electron chi connectivity index (χ3n) is 4.55. The summed E-state index contributed by atoms with van der Waals surface area (Å²) in [6.45, 7) is 0.291. The number of nitrogens with one attached hydrogen (secondary N) is 1. The highest BCUT2D eigenvalue weighted by Crippen LogP contribution is 2.22. The molecule has 0 unspecified atom stereocenters. The van der Waals surface area contributed by atoms with Crippen LogP contribution in [0.1, 0.15) is 15.9 Å². The molecule has 4 aromatic rings. The fourth-order valence-electron chi connectivity index (χ4n) is 3.15. The average Bonchev–Trinajstić information content (AvgIpc) is 3.42. The zero-order chi connectivity index (χ0) is 20.2. The molecule has 0 bridgehead atoms. The lowest BCUT2D eigenvalue weighted by atomic mass is 10.2. The lowest BCUT2D eigenvalue weighted by molar-refractivity contribution is 0.0950. The Labute approximate surface area is 167 Å². The molecule has 0 aliphatic heterocycles. The van der Waals surface area contributed by atoms with Gasteiger partial charge in [-0.2, -0.15) is 5.10 Å². The Hall–Kier alpha value is -3.87. The van der Waals surface area contributed by atoms with Crippen LogP contribution in [0.15, 0.2) is 79.3 Å². The molecule has 6 nitrogen and oxygen atoms in total. The summed E-state index contributed by atoms with van der Waals surface area (Å²) in [6.07, 6.45) is 5.01. The lowest BCUT2D eigenvalue weighted by Crippen LogP contribution is -2.24. The number of hydrogen-bond donors (Lipinski definition) is 1. The quantitative estimate of drug-likeness (QED) is 0.546. The van der Waals surface area contributed by atoms with Gasteiger partial charge in [0.05, 0.1) is 13.3 Å². The Morgan fingerprint density at radius 2 is 1.79 bits per heavy atom. The van der Waals surface area contributed by atoms with Gasteiger partial charge in [0.15, 0.2) is 5.82 Å². The molecule has 146 valence electrons. The summed E-state index contributed by atoms with van der Waals surface area (Å²) in [5, 5.41) is 7.18. The second-order valence-electron chi connectivity index (χ2n) is 6.33. The van der Waals surface area contributed by atoms with Gasteiger partial charge in [-0.05, 0) is 30.3 Å². The average molecular weight is 390 g/mol. The molecule has 0 radical (unpaired) electrons. The van der Waals surface area contributed by atoms with E-state index in [1.54, 1.807) is 42.3 Å². The fourth-order valence-corrected chi connectivity index (χ4v) is 3.15. The molecule has 2 heterocycles. The third-order valence-corrected chi connectivity index (χ3v) is 4.55. The van der Waals surface area contributed by atoms with Gasteiger partial charge in [-0.3, -0.25) is 4.79 Å². The van der Waals surface area contributed by atoms with E-state index >= 15 is 0 Å². The number of para-hydroxylation sites is 2. The van der Waals surface area contributed by atoms with Crippen LogP contribution >= 0.6 is 0 Å². The number of aromatic nitrogens is 3. The summed E-state index contributed by atoms with van der Waals surface area (Å²) in [6, 6.07) is 17.4. The van der Waals surface area contributed by atoms with Gasteiger partial charge in [0, 0.05) is 24.5 Å². The maximum absolute atomic E-state index is 14.4. The first-order valence-corrected chi connectivity index (χ1v) is 9.05. The van der Waals surface area contributed by atoms with Gasteiger partial charge in [0.2, 0.25) is 0 Å². The van der Waals surface area contributed by atoms with Crippen LogP contribution in [0.25, 0.3) is 11.5 Å². The highest BCUT2D eigenvalue weighted by Gasteiger charge is 2.21. The maximum Gasteiger partial charge on any atom is 0.256 e. The SMILES string of the molecule is COc1ccccc1CNC(=O)c1cnn(-c2ccccc2F)c1-n1cccc1. The Bertz CT molecular complexity index is 1140. The van der Waals surface area contributed by atoms with Crippen molar-refractivity contribution in [3.63, 3.8) is 0 Å². The molecule has 4 rings (SSSR count). The van der Waals surface area contributed by atoms with E-state index in [4.69, 9.17) is 4.74 Å². The standard InChI is InChI=1S/C22H19FN4O2/c1-29-20-11-5-2-8-16(20)14-24-21(28)17-15-25-27(19-10-4-3-9-18(19)23)22(17)26-12-6-7-13-26/h2-13,15H,14H2,1H3,(H,24,28). The van der Waals surface area contributed by atoms with Crippen molar-refractivity contribution in [3.05, 3.63) is 96.2 Å². The number of benzene rings is 2. The van der Waals surface area contributed by atoms with E-state index in [-0.39, 0.29) is 11.6 Å². The van der Waals surface area contributed by atoms with E-state index in [1.165, 1.54) is 16.9 Å². The minimum atomic E-state index is -0.426. The number of rotatable bonds is 6. The molecule has 0 saturated carbocycles. The summed E-state index contributed by atoms with van der Waals surface area (Å²) in [5.41, 5.74) is 1.45. The topological polar surface area (TPSA) is 61.1 Å². The molecule has 2 aromatic carbocycles. The smallest absolute Gasteiger partial charge is 0.256 e. The lowest BCUT2D eigenvalue weighted by Gasteiger charge is -2.12. The van der Waals surface area contributed by atoms with Crippen LogP contribution in [0.4, 0.5) is 4.39 Å². The van der Waals surface area contributed by atoms with E-state index in [1.807, 2.05) is 36.4 Å². The second-order valence-corrected chi connectivity index (χ2v) is 6.33. The van der Waals surface area contributed by atoms with Crippen molar-refractivity contribution in [1.29, 1.82) is 0 Å². The molecular weight excluding hydrogens is 371 g/mol. The number of hydrogen-bond acceptors (Lipinski definition) is 3. The van der Waals surface area contributed by atoms with Crippen LogP contribution in [0, 0.1) is 5.82 Å². The number of nitrogens with zero attached hydrogens (tertiary/aromatic N) is 3. The van der Waals surface area contributed by atoms with E-state index in [9.17, 15) is 9.18 Å². The van der Waals surface area contributed by atoms with Crippen LogP contribution in [0.2, 0.25) is 0 Å².